The second-order valence-corrected chi connectivity index (χ2v) is 5.68. The maximum Gasteiger partial charge on any atom is 0.234 e. The van der Waals surface area contributed by atoms with Crippen molar-refractivity contribution in [3.05, 3.63) is 35.4 Å². The molecule has 1 saturated heterocycles. The van der Waals surface area contributed by atoms with Crippen molar-refractivity contribution in [2.24, 2.45) is 11.7 Å². The highest BCUT2D eigenvalue weighted by Crippen LogP contribution is 2.15. The lowest BCUT2D eigenvalue weighted by Gasteiger charge is -2.30. The fraction of sp³-hybridized carbons (Fsp3) is 0.500. The Morgan fingerprint density at radius 3 is 2.86 bits per heavy atom. The van der Waals surface area contributed by atoms with Crippen molar-refractivity contribution in [1.29, 1.82) is 0 Å². The van der Waals surface area contributed by atoms with E-state index in [1.807, 2.05) is 36.1 Å². The third-order valence-corrected chi connectivity index (χ3v) is 4.01. The Labute approximate surface area is 125 Å². The van der Waals surface area contributed by atoms with Crippen LogP contribution < -0.4 is 11.1 Å². The lowest BCUT2D eigenvalue weighted by Crippen LogP contribution is -2.45. The van der Waals surface area contributed by atoms with Crippen LogP contribution in [0.15, 0.2) is 24.3 Å². The van der Waals surface area contributed by atoms with Gasteiger partial charge in [0.15, 0.2) is 0 Å². The number of nitrogens with one attached hydrogen (secondary N) is 1. The molecular formula is C16H23N3O2. The Balaban J connectivity index is 1.79. The summed E-state index contributed by atoms with van der Waals surface area (Å²) in [6.45, 7) is 4.34. The number of hydrogen-bond acceptors (Lipinski definition) is 3. The standard InChI is InChI=1S/C16H23N3O2/c1-12-5-2-3-6-13(12)9-18-15(20)11-19-8-4-7-14(10-19)16(17)21/h2-3,5-6,14H,4,7-11H2,1H3,(H2,17,21)(H,18,20)/t14-/m0/s1. The van der Waals surface area contributed by atoms with E-state index in [2.05, 4.69) is 5.32 Å². The Bertz CT molecular complexity index is 516. The summed E-state index contributed by atoms with van der Waals surface area (Å²) in [5, 5.41) is 2.93. The van der Waals surface area contributed by atoms with E-state index in [0.29, 0.717) is 19.6 Å². The number of nitrogens with zero attached hydrogens (tertiary/aromatic N) is 1. The molecule has 1 fully saturated rings. The van der Waals surface area contributed by atoms with Crippen molar-refractivity contribution in [2.45, 2.75) is 26.3 Å². The lowest BCUT2D eigenvalue weighted by atomic mass is 9.97. The summed E-state index contributed by atoms with van der Waals surface area (Å²) in [4.78, 5) is 25.2. The molecule has 5 heteroatoms. The summed E-state index contributed by atoms with van der Waals surface area (Å²) in [6.07, 6.45) is 1.75. The first-order chi connectivity index (χ1) is 10.1. The van der Waals surface area contributed by atoms with Crippen LogP contribution in [0.2, 0.25) is 0 Å². The minimum atomic E-state index is -0.264. The fourth-order valence-electron chi connectivity index (χ4n) is 2.69. The Morgan fingerprint density at radius 1 is 1.38 bits per heavy atom. The van der Waals surface area contributed by atoms with Gasteiger partial charge in [-0.25, -0.2) is 0 Å². The molecule has 2 amide bonds. The van der Waals surface area contributed by atoms with Gasteiger partial charge in [0.1, 0.15) is 0 Å². The largest absolute Gasteiger partial charge is 0.369 e. The molecular weight excluding hydrogens is 266 g/mol. The number of aryl methyl sites for hydroxylation is 1. The highest BCUT2D eigenvalue weighted by molar-refractivity contribution is 5.79. The normalized spacial score (nSPS) is 19.2. The second kappa shape index (κ2) is 7.22. The summed E-state index contributed by atoms with van der Waals surface area (Å²) >= 11 is 0. The average molecular weight is 289 g/mol. The van der Waals surface area contributed by atoms with E-state index in [1.54, 1.807) is 0 Å². The molecule has 1 aromatic rings. The first-order valence-electron chi connectivity index (χ1n) is 7.39. The third-order valence-electron chi connectivity index (χ3n) is 4.01. The van der Waals surface area contributed by atoms with Gasteiger partial charge in [-0.05, 0) is 37.4 Å². The molecule has 3 N–H and O–H groups in total. The van der Waals surface area contributed by atoms with Crippen LogP contribution in [0.3, 0.4) is 0 Å². The van der Waals surface area contributed by atoms with Crippen LogP contribution in [0.25, 0.3) is 0 Å². The Morgan fingerprint density at radius 2 is 2.14 bits per heavy atom. The molecule has 1 aliphatic rings. The van der Waals surface area contributed by atoms with Gasteiger partial charge in [-0.15, -0.1) is 0 Å². The lowest BCUT2D eigenvalue weighted by molar-refractivity contribution is -0.126. The molecule has 0 unspecified atom stereocenters. The minimum absolute atomic E-state index is 0.0108. The van der Waals surface area contributed by atoms with E-state index in [9.17, 15) is 9.59 Å². The first-order valence-corrected chi connectivity index (χ1v) is 7.39. The van der Waals surface area contributed by atoms with E-state index in [1.165, 1.54) is 5.56 Å². The van der Waals surface area contributed by atoms with Crippen LogP contribution in [0.5, 0.6) is 0 Å². The second-order valence-electron chi connectivity index (χ2n) is 5.68. The number of piperidine rings is 1. The molecule has 2 rings (SSSR count). The topological polar surface area (TPSA) is 75.4 Å². The van der Waals surface area contributed by atoms with Gasteiger partial charge >= 0.3 is 0 Å². The monoisotopic (exact) mass is 289 g/mol. The van der Waals surface area contributed by atoms with E-state index in [4.69, 9.17) is 5.73 Å². The highest BCUT2D eigenvalue weighted by atomic mass is 16.2. The Hall–Kier alpha value is -1.88. The van der Waals surface area contributed by atoms with Gasteiger partial charge in [0.2, 0.25) is 11.8 Å². The SMILES string of the molecule is Cc1ccccc1CNC(=O)CN1CCC[C@H](C(N)=O)C1. The maximum atomic E-state index is 12.0. The molecule has 5 nitrogen and oxygen atoms in total. The van der Waals surface area contributed by atoms with Gasteiger partial charge in [-0.3, -0.25) is 14.5 Å². The van der Waals surface area contributed by atoms with E-state index in [0.717, 1.165) is 24.9 Å². The van der Waals surface area contributed by atoms with Gasteiger partial charge < -0.3 is 11.1 Å². The van der Waals surface area contributed by atoms with Crippen LogP contribution in [0.1, 0.15) is 24.0 Å². The van der Waals surface area contributed by atoms with Gasteiger partial charge in [0, 0.05) is 13.1 Å². The predicted molar refractivity (Wildman–Crippen MR) is 81.4 cm³/mol. The first kappa shape index (κ1) is 15.5. The zero-order valence-corrected chi connectivity index (χ0v) is 12.5. The van der Waals surface area contributed by atoms with Gasteiger partial charge in [-0.2, -0.15) is 0 Å². The van der Waals surface area contributed by atoms with Crippen molar-refractivity contribution in [3.8, 4) is 0 Å². The molecule has 0 aliphatic carbocycles. The van der Waals surface area contributed by atoms with Crippen LogP contribution in [-0.2, 0) is 16.1 Å². The minimum Gasteiger partial charge on any atom is -0.369 e. The van der Waals surface area contributed by atoms with Crippen molar-refractivity contribution >= 4 is 11.8 Å². The van der Waals surface area contributed by atoms with Crippen molar-refractivity contribution in [3.63, 3.8) is 0 Å². The summed E-state index contributed by atoms with van der Waals surface area (Å²) in [7, 11) is 0. The fourth-order valence-corrected chi connectivity index (χ4v) is 2.69. The molecule has 0 spiro atoms. The summed E-state index contributed by atoms with van der Waals surface area (Å²) in [5.74, 6) is -0.397. The summed E-state index contributed by atoms with van der Waals surface area (Å²) in [5.41, 5.74) is 7.64. The number of nitrogens with two attached hydrogens (primary N) is 1. The summed E-state index contributed by atoms with van der Waals surface area (Å²) in [6, 6.07) is 8.00. The maximum absolute atomic E-state index is 12.0. The van der Waals surface area contributed by atoms with E-state index < -0.39 is 0 Å². The van der Waals surface area contributed by atoms with E-state index in [-0.39, 0.29) is 17.7 Å². The Kier molecular flexibility index (Phi) is 5.33. The number of amides is 2. The zero-order chi connectivity index (χ0) is 15.2. The predicted octanol–water partition coefficient (Wildman–Crippen LogP) is 0.809. The number of hydrogen-bond donors (Lipinski definition) is 2. The summed E-state index contributed by atoms with van der Waals surface area (Å²) < 4.78 is 0. The quantitative estimate of drug-likeness (QED) is 0.842. The number of primary amides is 1. The number of rotatable bonds is 5. The van der Waals surface area contributed by atoms with Crippen LogP contribution >= 0.6 is 0 Å². The smallest absolute Gasteiger partial charge is 0.234 e. The molecule has 0 bridgehead atoms. The number of likely N-dealkylation sites (tertiary alicyclic amines) is 1. The number of carbonyl (C=O) groups is 2. The molecule has 114 valence electrons. The van der Waals surface area contributed by atoms with Crippen molar-refractivity contribution < 1.29 is 9.59 Å². The molecule has 1 atom stereocenters. The molecule has 0 saturated carbocycles. The number of carbonyl (C=O) groups excluding carboxylic acids is 2. The van der Waals surface area contributed by atoms with Gasteiger partial charge in [0.25, 0.3) is 0 Å². The zero-order valence-electron chi connectivity index (χ0n) is 12.5. The van der Waals surface area contributed by atoms with Crippen LogP contribution in [0.4, 0.5) is 0 Å². The third kappa shape index (κ3) is 4.56. The van der Waals surface area contributed by atoms with Crippen molar-refractivity contribution in [1.82, 2.24) is 10.2 Å². The van der Waals surface area contributed by atoms with Crippen LogP contribution in [0, 0.1) is 12.8 Å². The van der Waals surface area contributed by atoms with E-state index >= 15 is 0 Å². The molecule has 0 aromatic heterocycles. The molecule has 1 aromatic carbocycles. The van der Waals surface area contributed by atoms with Gasteiger partial charge in [0.05, 0.1) is 12.5 Å². The van der Waals surface area contributed by atoms with Crippen molar-refractivity contribution in [2.75, 3.05) is 19.6 Å². The molecule has 1 heterocycles. The molecule has 0 radical (unpaired) electrons. The molecule has 21 heavy (non-hydrogen) atoms. The number of benzene rings is 1. The van der Waals surface area contributed by atoms with Crippen LogP contribution in [-0.4, -0.2) is 36.3 Å². The van der Waals surface area contributed by atoms with Gasteiger partial charge in [-0.1, -0.05) is 24.3 Å². The molecule has 1 aliphatic heterocycles. The average Bonchev–Trinajstić information content (AvgIpc) is 2.46. The highest BCUT2D eigenvalue weighted by Gasteiger charge is 2.24.